The van der Waals surface area contributed by atoms with Gasteiger partial charge in [0.15, 0.2) is 0 Å². The van der Waals surface area contributed by atoms with Crippen molar-refractivity contribution in [1.29, 1.82) is 0 Å². The summed E-state index contributed by atoms with van der Waals surface area (Å²) in [6.07, 6.45) is 3.63. The Morgan fingerprint density at radius 3 is 2.26 bits per heavy atom. The number of hydrogen-bond donors (Lipinski definition) is 1. The first-order valence-electron chi connectivity index (χ1n) is 11.0. The normalized spacial score (nSPS) is 15.1. The van der Waals surface area contributed by atoms with Crippen molar-refractivity contribution in [2.24, 2.45) is 0 Å². The summed E-state index contributed by atoms with van der Waals surface area (Å²) in [5.41, 5.74) is 2.41. The van der Waals surface area contributed by atoms with Gasteiger partial charge in [-0.2, -0.15) is 4.31 Å². The molecule has 0 aromatic heterocycles. The zero-order valence-corrected chi connectivity index (χ0v) is 21.5. The highest BCUT2D eigenvalue weighted by atomic mass is 32.2. The number of methoxy groups -OCH3 is 1. The van der Waals surface area contributed by atoms with Gasteiger partial charge in [-0.3, -0.25) is 9.10 Å². The summed E-state index contributed by atoms with van der Waals surface area (Å²) in [6, 6.07) is 9.40. The SMILES string of the molecule is COc1ccc(S(=O)(=O)N2CCCCC2)cc1NC(=O)CN(c1ccc(C)c(C)c1)S(C)(=O)=O. The van der Waals surface area contributed by atoms with E-state index < -0.39 is 32.5 Å². The zero-order chi connectivity index (χ0) is 25.1. The van der Waals surface area contributed by atoms with Gasteiger partial charge in [-0.25, -0.2) is 16.8 Å². The number of piperidine rings is 1. The van der Waals surface area contributed by atoms with Crippen molar-refractivity contribution in [3.8, 4) is 5.75 Å². The number of hydrogen-bond acceptors (Lipinski definition) is 6. The van der Waals surface area contributed by atoms with Crippen LogP contribution in [-0.2, 0) is 24.8 Å². The molecular formula is C23H31N3O6S2. The van der Waals surface area contributed by atoms with Gasteiger partial charge in [-0.05, 0) is 68.1 Å². The fourth-order valence-corrected chi connectivity index (χ4v) is 6.19. The quantitative estimate of drug-likeness (QED) is 0.586. The number of aryl methyl sites for hydroxylation is 2. The molecule has 1 saturated heterocycles. The highest BCUT2D eigenvalue weighted by Crippen LogP contribution is 2.30. The molecule has 1 aliphatic heterocycles. The van der Waals surface area contributed by atoms with E-state index in [0.717, 1.165) is 41.0 Å². The smallest absolute Gasteiger partial charge is 0.245 e. The minimum absolute atomic E-state index is 0.0413. The minimum Gasteiger partial charge on any atom is -0.495 e. The number of sulfonamides is 2. The van der Waals surface area contributed by atoms with Gasteiger partial charge in [0.25, 0.3) is 0 Å². The number of ether oxygens (including phenoxy) is 1. The van der Waals surface area contributed by atoms with Gasteiger partial charge >= 0.3 is 0 Å². The Morgan fingerprint density at radius 2 is 1.68 bits per heavy atom. The van der Waals surface area contributed by atoms with Gasteiger partial charge in [0.1, 0.15) is 12.3 Å². The van der Waals surface area contributed by atoms with E-state index in [-0.39, 0.29) is 16.3 Å². The summed E-state index contributed by atoms with van der Waals surface area (Å²) in [5, 5.41) is 2.62. The third kappa shape index (κ3) is 5.89. The molecule has 1 N–H and O–H groups in total. The largest absolute Gasteiger partial charge is 0.495 e. The highest BCUT2D eigenvalue weighted by Gasteiger charge is 2.27. The monoisotopic (exact) mass is 509 g/mol. The third-order valence-corrected chi connectivity index (χ3v) is 8.90. The van der Waals surface area contributed by atoms with Crippen molar-refractivity contribution in [2.75, 3.05) is 42.6 Å². The molecule has 9 nitrogen and oxygen atoms in total. The van der Waals surface area contributed by atoms with Crippen LogP contribution in [0.2, 0.25) is 0 Å². The Bertz CT molecular complexity index is 1270. The lowest BCUT2D eigenvalue weighted by molar-refractivity contribution is -0.114. The maximum atomic E-state index is 13.1. The average molecular weight is 510 g/mol. The van der Waals surface area contributed by atoms with Crippen LogP contribution in [0.25, 0.3) is 0 Å². The van der Waals surface area contributed by atoms with Crippen LogP contribution in [0, 0.1) is 13.8 Å². The first-order valence-corrected chi connectivity index (χ1v) is 14.3. The number of amides is 1. The van der Waals surface area contributed by atoms with Gasteiger partial charge in [-0.15, -0.1) is 0 Å². The molecule has 0 radical (unpaired) electrons. The number of benzene rings is 2. The third-order valence-electron chi connectivity index (χ3n) is 5.86. The van der Waals surface area contributed by atoms with Crippen molar-refractivity contribution < 1.29 is 26.4 Å². The summed E-state index contributed by atoms with van der Waals surface area (Å²) < 4.78 is 58.7. The lowest BCUT2D eigenvalue weighted by Gasteiger charge is -2.26. The fourth-order valence-electron chi connectivity index (χ4n) is 3.80. The van der Waals surface area contributed by atoms with Crippen molar-refractivity contribution in [3.63, 3.8) is 0 Å². The molecule has 2 aromatic rings. The lowest BCUT2D eigenvalue weighted by atomic mass is 10.1. The molecule has 0 saturated carbocycles. The van der Waals surface area contributed by atoms with Crippen LogP contribution in [0.5, 0.6) is 5.75 Å². The number of anilines is 2. The Hall–Kier alpha value is -2.63. The molecule has 1 amide bonds. The van der Waals surface area contributed by atoms with E-state index in [1.165, 1.54) is 29.6 Å². The number of nitrogens with one attached hydrogen (secondary N) is 1. The van der Waals surface area contributed by atoms with E-state index in [2.05, 4.69) is 5.32 Å². The van der Waals surface area contributed by atoms with E-state index in [1.807, 2.05) is 13.8 Å². The van der Waals surface area contributed by atoms with Crippen molar-refractivity contribution in [3.05, 3.63) is 47.5 Å². The van der Waals surface area contributed by atoms with Gasteiger partial charge in [-0.1, -0.05) is 12.5 Å². The van der Waals surface area contributed by atoms with E-state index in [4.69, 9.17) is 4.74 Å². The van der Waals surface area contributed by atoms with Crippen LogP contribution in [0.15, 0.2) is 41.3 Å². The zero-order valence-electron chi connectivity index (χ0n) is 19.9. The predicted octanol–water partition coefficient (Wildman–Crippen LogP) is 2.89. The van der Waals surface area contributed by atoms with E-state index in [9.17, 15) is 21.6 Å². The topological polar surface area (TPSA) is 113 Å². The number of rotatable bonds is 8. The van der Waals surface area contributed by atoms with Crippen LogP contribution in [0.4, 0.5) is 11.4 Å². The van der Waals surface area contributed by atoms with Crippen LogP contribution in [-0.4, -0.2) is 60.0 Å². The Morgan fingerprint density at radius 1 is 1.00 bits per heavy atom. The summed E-state index contributed by atoms with van der Waals surface area (Å²) in [4.78, 5) is 12.9. The molecule has 3 rings (SSSR count). The molecule has 186 valence electrons. The molecule has 0 bridgehead atoms. The number of nitrogens with zero attached hydrogens (tertiary/aromatic N) is 2. The molecule has 1 fully saturated rings. The first-order chi connectivity index (χ1) is 15.9. The van der Waals surface area contributed by atoms with Crippen molar-refractivity contribution in [2.45, 2.75) is 38.0 Å². The Kier molecular flexibility index (Phi) is 7.89. The molecule has 0 atom stereocenters. The van der Waals surface area contributed by atoms with Crippen molar-refractivity contribution >= 4 is 37.3 Å². The summed E-state index contributed by atoms with van der Waals surface area (Å²) >= 11 is 0. The van der Waals surface area contributed by atoms with E-state index in [0.29, 0.717) is 18.8 Å². The van der Waals surface area contributed by atoms with Crippen LogP contribution in [0.3, 0.4) is 0 Å². The number of carbonyl (C=O) groups excluding carboxylic acids is 1. The molecular weight excluding hydrogens is 478 g/mol. The van der Waals surface area contributed by atoms with Gasteiger partial charge in [0, 0.05) is 13.1 Å². The maximum Gasteiger partial charge on any atom is 0.245 e. The lowest BCUT2D eigenvalue weighted by Crippen LogP contribution is -2.37. The summed E-state index contributed by atoms with van der Waals surface area (Å²) in [5.74, 6) is -0.363. The van der Waals surface area contributed by atoms with Gasteiger partial charge in [0.2, 0.25) is 26.0 Å². The molecule has 0 unspecified atom stereocenters. The van der Waals surface area contributed by atoms with Crippen LogP contribution < -0.4 is 14.4 Å². The Balaban J connectivity index is 1.87. The second kappa shape index (κ2) is 10.3. The van der Waals surface area contributed by atoms with Crippen molar-refractivity contribution in [1.82, 2.24) is 4.31 Å². The highest BCUT2D eigenvalue weighted by molar-refractivity contribution is 7.92. The average Bonchev–Trinajstić information content (AvgIpc) is 2.79. The predicted molar refractivity (Wildman–Crippen MR) is 132 cm³/mol. The van der Waals surface area contributed by atoms with E-state index in [1.54, 1.807) is 18.2 Å². The molecule has 0 aliphatic carbocycles. The Labute approximate surface area is 201 Å². The fraction of sp³-hybridized carbons (Fsp3) is 0.435. The van der Waals surface area contributed by atoms with Gasteiger partial charge in [0.05, 0.1) is 29.6 Å². The summed E-state index contributed by atoms with van der Waals surface area (Å²) in [6.45, 7) is 4.20. The molecule has 34 heavy (non-hydrogen) atoms. The van der Waals surface area contributed by atoms with Crippen LogP contribution >= 0.6 is 0 Å². The van der Waals surface area contributed by atoms with Gasteiger partial charge < -0.3 is 10.1 Å². The van der Waals surface area contributed by atoms with Crippen LogP contribution in [0.1, 0.15) is 30.4 Å². The summed E-state index contributed by atoms with van der Waals surface area (Å²) in [7, 11) is -6.08. The molecule has 0 spiro atoms. The second-order valence-corrected chi connectivity index (χ2v) is 12.3. The first kappa shape index (κ1) is 26.0. The molecule has 1 heterocycles. The van der Waals surface area contributed by atoms with E-state index >= 15 is 0 Å². The number of carbonyl (C=O) groups is 1. The molecule has 1 aliphatic rings. The maximum absolute atomic E-state index is 13.1. The molecule has 11 heteroatoms. The molecule has 2 aromatic carbocycles. The standard InChI is InChI=1S/C23H31N3O6S2/c1-17-8-9-19(14-18(17)2)26(33(4,28)29)16-23(27)24-21-15-20(10-11-22(21)32-3)34(30,31)25-12-6-5-7-13-25/h8-11,14-15H,5-7,12-13,16H2,1-4H3,(H,24,27). The minimum atomic E-state index is -3.76. The second-order valence-electron chi connectivity index (χ2n) is 8.41.